The fraction of sp³-hybridized carbons (Fsp3) is 0.653. The Morgan fingerprint density at radius 2 is 1.21 bits per heavy atom. The standard InChI is InChI=1S/C49H86N18O10/c1-4-11-34-41(71)64-37(26-31-15-17-32(68)18-16-31)43(73)65-38(27-50)44(74)63-36(19-14-30(2)3)46(76)66(28-39(52)69)24-7-5-20-59-49(77)60-21-6-8-25-67(45(75)33(51)12-9-22-57-47(53)54)29-40(70)61-35(42(72)62-34)13-10-23-58-48(55)56/h15-18,30,33-38,68H,4-14,19-29,50-51H2,1-3H3,(H2,52,69)(H,61,70)(H,62,72)(H,63,74)(H,64,71)(H,65,73)(H4,53,54,57)(H4,55,56,58)(H2,59,60,77)/t33-,34-,35-,36?,37-,38-/m0/s1. The number of nitrogens with zero attached hydrogens (tertiary/aromatic N) is 4. The number of urea groups is 1. The number of primary amides is 1. The molecule has 28 nitrogen and oxygen atoms in total. The van der Waals surface area contributed by atoms with Gasteiger partial charge in [-0.15, -0.1) is 0 Å². The van der Waals surface area contributed by atoms with E-state index in [0.717, 1.165) is 0 Å². The van der Waals surface area contributed by atoms with Crippen LogP contribution in [0.5, 0.6) is 5.75 Å². The van der Waals surface area contributed by atoms with Crippen LogP contribution in [0.25, 0.3) is 0 Å². The normalized spacial score (nSPS) is 21.2. The van der Waals surface area contributed by atoms with Crippen molar-refractivity contribution < 1.29 is 48.3 Å². The molecular weight excluding hydrogens is 1000 g/mol. The zero-order chi connectivity index (χ0) is 57.5. The molecule has 0 aromatic heterocycles. The summed E-state index contributed by atoms with van der Waals surface area (Å²) in [4.78, 5) is 134. The number of aromatic hydroxyl groups is 1. The summed E-state index contributed by atoms with van der Waals surface area (Å²) in [6, 6.07) is -2.32. The Morgan fingerprint density at radius 1 is 0.675 bits per heavy atom. The monoisotopic (exact) mass is 1090 g/mol. The third-order valence-corrected chi connectivity index (χ3v) is 12.2. The summed E-state index contributed by atoms with van der Waals surface area (Å²) >= 11 is 0. The molecular formula is C49H86N18O10. The number of guanidine groups is 2. The molecule has 1 aliphatic heterocycles. The van der Waals surface area contributed by atoms with Gasteiger partial charge in [0.25, 0.3) is 0 Å². The van der Waals surface area contributed by atoms with Crippen LogP contribution in [0.4, 0.5) is 4.79 Å². The highest BCUT2D eigenvalue weighted by atomic mass is 16.3. The lowest BCUT2D eigenvalue weighted by Gasteiger charge is -2.29. The van der Waals surface area contributed by atoms with E-state index in [1.165, 1.54) is 34.1 Å². The second kappa shape index (κ2) is 35.7. The first-order valence-electron chi connectivity index (χ1n) is 26.3. The van der Waals surface area contributed by atoms with Crippen molar-refractivity contribution in [1.29, 1.82) is 0 Å². The van der Waals surface area contributed by atoms with Crippen molar-refractivity contribution in [3.05, 3.63) is 29.8 Å². The van der Waals surface area contributed by atoms with Crippen LogP contribution in [-0.2, 0) is 44.8 Å². The fourth-order valence-corrected chi connectivity index (χ4v) is 8.04. The molecule has 1 saturated heterocycles. The number of phenolic OH excluding ortho intramolecular Hbond substituents is 1. The van der Waals surface area contributed by atoms with Crippen LogP contribution in [0.15, 0.2) is 34.3 Å². The number of nitrogens with one attached hydrogen (secondary N) is 7. The largest absolute Gasteiger partial charge is 0.508 e. The number of aliphatic imine (C=N–C) groups is 2. The van der Waals surface area contributed by atoms with Gasteiger partial charge in [-0.25, -0.2) is 4.79 Å². The van der Waals surface area contributed by atoms with Gasteiger partial charge in [0.15, 0.2) is 11.9 Å². The summed E-state index contributed by atoms with van der Waals surface area (Å²) in [5.74, 6) is -6.28. The molecule has 432 valence electrons. The molecule has 0 spiro atoms. The first-order valence-corrected chi connectivity index (χ1v) is 26.3. The second-order valence-electron chi connectivity index (χ2n) is 19.3. The minimum Gasteiger partial charge on any atom is -0.508 e. The van der Waals surface area contributed by atoms with Gasteiger partial charge in [-0.05, 0) is 94.2 Å². The molecule has 1 aliphatic rings. The lowest BCUT2D eigenvalue weighted by atomic mass is 10.0. The number of carbonyl (C=O) groups is 9. The third-order valence-electron chi connectivity index (χ3n) is 12.2. The highest BCUT2D eigenvalue weighted by Crippen LogP contribution is 2.14. The number of nitrogens with two attached hydrogens (primary N) is 7. The molecule has 0 aliphatic carbocycles. The van der Waals surface area contributed by atoms with E-state index in [-0.39, 0.29) is 101 Å². The molecule has 1 aromatic rings. The zero-order valence-electron chi connectivity index (χ0n) is 44.9. The summed E-state index contributed by atoms with van der Waals surface area (Å²) in [6.07, 6.45) is 2.97. The minimum absolute atomic E-state index is 0.0255. The lowest BCUT2D eigenvalue weighted by Crippen LogP contribution is -2.61. The number of rotatable bonds is 19. The van der Waals surface area contributed by atoms with Crippen molar-refractivity contribution in [2.45, 2.75) is 140 Å². The first-order chi connectivity index (χ1) is 36.5. The van der Waals surface area contributed by atoms with Crippen molar-refractivity contribution in [2.24, 2.45) is 56.0 Å². The highest BCUT2D eigenvalue weighted by Gasteiger charge is 2.34. The third kappa shape index (κ3) is 26.7. The maximum atomic E-state index is 14.3. The van der Waals surface area contributed by atoms with E-state index in [1.54, 1.807) is 6.92 Å². The molecule has 77 heavy (non-hydrogen) atoms. The summed E-state index contributed by atoms with van der Waals surface area (Å²) in [6.45, 7) is 4.91. The predicted octanol–water partition coefficient (Wildman–Crippen LogP) is -4.00. The van der Waals surface area contributed by atoms with Gasteiger partial charge in [0.2, 0.25) is 47.3 Å². The first kappa shape index (κ1) is 65.6. The van der Waals surface area contributed by atoms with E-state index in [9.17, 15) is 48.3 Å². The fourth-order valence-electron chi connectivity index (χ4n) is 8.04. The van der Waals surface area contributed by atoms with Gasteiger partial charge in [-0.3, -0.25) is 48.3 Å². The SMILES string of the molecule is CCC[C@@H]1NC(=O)[C@H](CCCN=C(N)N)NC(=O)CN(C(=O)[C@@H](N)CCCN=C(N)N)CCCCNC(=O)NCCCCN(CC(N)=O)C(=O)C(CCC(C)C)NC(=O)[C@H](CN)NC(=O)[C@H](Cc2ccc(O)cc2)NC1=O. The smallest absolute Gasteiger partial charge is 0.314 e. The molecule has 28 heteroatoms. The van der Waals surface area contributed by atoms with Gasteiger partial charge in [-0.2, -0.15) is 0 Å². The molecule has 6 atom stereocenters. The summed E-state index contributed by atoms with van der Waals surface area (Å²) < 4.78 is 0. The summed E-state index contributed by atoms with van der Waals surface area (Å²) in [5, 5.41) is 28.9. The Kier molecular flexibility index (Phi) is 30.4. The summed E-state index contributed by atoms with van der Waals surface area (Å²) in [7, 11) is 0. The lowest BCUT2D eigenvalue weighted by molar-refractivity contribution is -0.140. The Hall–Kier alpha value is -7.49. The van der Waals surface area contributed by atoms with Crippen LogP contribution >= 0.6 is 0 Å². The van der Waals surface area contributed by atoms with Crippen molar-refractivity contribution in [3.8, 4) is 5.75 Å². The molecule has 0 radical (unpaired) electrons. The Bertz CT molecular complexity index is 2140. The van der Waals surface area contributed by atoms with Crippen LogP contribution in [0.3, 0.4) is 0 Å². The van der Waals surface area contributed by atoms with Gasteiger partial charge in [0.05, 0.1) is 19.1 Å². The molecule has 0 bridgehead atoms. The molecule has 1 unspecified atom stereocenters. The van der Waals surface area contributed by atoms with Gasteiger partial charge in [-0.1, -0.05) is 39.3 Å². The predicted molar refractivity (Wildman–Crippen MR) is 290 cm³/mol. The Balaban J connectivity index is 2.64. The molecule has 10 amide bonds. The van der Waals surface area contributed by atoms with Gasteiger partial charge in [0.1, 0.15) is 36.0 Å². The van der Waals surface area contributed by atoms with E-state index < -0.39 is 109 Å². The van der Waals surface area contributed by atoms with Crippen molar-refractivity contribution in [1.82, 2.24) is 47.0 Å². The molecule has 0 saturated carbocycles. The molecule has 1 aromatic carbocycles. The van der Waals surface area contributed by atoms with Crippen LogP contribution in [-0.4, -0.2) is 175 Å². The van der Waals surface area contributed by atoms with Gasteiger partial charge < -0.3 is 92.3 Å². The average Bonchev–Trinajstić information content (AvgIpc) is 3.36. The zero-order valence-corrected chi connectivity index (χ0v) is 44.9. The van der Waals surface area contributed by atoms with Crippen molar-refractivity contribution >= 4 is 65.2 Å². The number of carbonyl (C=O) groups excluding carboxylic acids is 9. The van der Waals surface area contributed by atoms with Crippen LogP contribution in [0, 0.1) is 5.92 Å². The maximum Gasteiger partial charge on any atom is 0.314 e. The maximum absolute atomic E-state index is 14.3. The van der Waals surface area contributed by atoms with Gasteiger partial charge in [0, 0.05) is 52.2 Å². The molecule has 1 heterocycles. The van der Waals surface area contributed by atoms with Gasteiger partial charge >= 0.3 is 6.03 Å². The van der Waals surface area contributed by atoms with Crippen molar-refractivity contribution in [3.63, 3.8) is 0 Å². The van der Waals surface area contributed by atoms with Crippen LogP contribution < -0.4 is 77.4 Å². The molecule has 2 rings (SSSR count). The van der Waals surface area contributed by atoms with Crippen molar-refractivity contribution in [2.75, 3.05) is 58.9 Å². The van der Waals surface area contributed by atoms with E-state index in [0.29, 0.717) is 50.5 Å². The van der Waals surface area contributed by atoms with E-state index in [1.807, 2.05) is 13.8 Å². The topological polar surface area (TPSA) is 471 Å². The number of phenols is 1. The average molecular weight is 1090 g/mol. The van der Waals surface area contributed by atoms with Crippen LogP contribution in [0.2, 0.25) is 0 Å². The summed E-state index contributed by atoms with van der Waals surface area (Å²) in [5.41, 5.74) is 40.4. The second-order valence-corrected chi connectivity index (χ2v) is 19.3. The van der Waals surface area contributed by atoms with E-state index in [4.69, 9.17) is 40.1 Å². The minimum atomic E-state index is -1.44. The van der Waals surface area contributed by atoms with E-state index in [2.05, 4.69) is 47.2 Å². The van der Waals surface area contributed by atoms with Crippen LogP contribution in [0.1, 0.15) is 103 Å². The number of hydrogen-bond donors (Lipinski definition) is 15. The molecule has 22 N–H and O–H groups in total. The Labute approximate surface area is 450 Å². The Morgan fingerprint density at radius 3 is 1.78 bits per heavy atom. The quantitative estimate of drug-likeness (QED) is 0.0357. The number of amides is 10. The highest BCUT2D eigenvalue weighted by molar-refractivity contribution is 5.97. The van der Waals surface area contributed by atoms with E-state index >= 15 is 0 Å². The number of hydrogen-bond acceptors (Lipinski definition) is 14. The number of benzene rings is 1. The molecule has 1 fully saturated rings.